The molecule has 0 bridgehead atoms. The third-order valence-electron chi connectivity index (χ3n) is 3.07. The minimum absolute atomic E-state index is 0.219. The second kappa shape index (κ2) is 6.97. The first-order valence-electron chi connectivity index (χ1n) is 7.45. The third kappa shape index (κ3) is 4.68. The number of nitrogens with zero attached hydrogens (tertiary/aromatic N) is 2. The van der Waals surface area contributed by atoms with Crippen LogP contribution in [0.4, 0.5) is 5.82 Å². The summed E-state index contributed by atoms with van der Waals surface area (Å²) >= 11 is 0. The quantitative estimate of drug-likeness (QED) is 0.871. The molecule has 0 saturated heterocycles. The molecular formula is C19H19N3O2. The van der Waals surface area contributed by atoms with Crippen molar-refractivity contribution in [3.63, 3.8) is 0 Å². The summed E-state index contributed by atoms with van der Waals surface area (Å²) in [6, 6.07) is 10.8. The normalized spacial score (nSPS) is 11.2. The Morgan fingerprint density at radius 1 is 1.21 bits per heavy atom. The molecular weight excluding hydrogens is 302 g/mol. The summed E-state index contributed by atoms with van der Waals surface area (Å²) in [5.41, 5.74) is 7.61. The molecule has 2 rings (SSSR count). The van der Waals surface area contributed by atoms with Crippen molar-refractivity contribution in [1.29, 1.82) is 5.26 Å². The molecule has 0 spiro atoms. The summed E-state index contributed by atoms with van der Waals surface area (Å²) in [5.74, 6) is -0.129. The van der Waals surface area contributed by atoms with Crippen molar-refractivity contribution >= 4 is 23.9 Å². The number of nitriles is 1. The SMILES string of the molecule is CC(C)(C)OC(=O)c1ccc(/C=C/c2cnc(N)c(C#N)c2)cc1. The Kier molecular flexibility index (Phi) is 5.00. The average molecular weight is 321 g/mol. The first-order valence-corrected chi connectivity index (χ1v) is 7.45. The van der Waals surface area contributed by atoms with Crippen molar-refractivity contribution in [1.82, 2.24) is 4.98 Å². The molecule has 0 radical (unpaired) electrons. The Hall–Kier alpha value is -3.13. The van der Waals surface area contributed by atoms with Gasteiger partial charge in [0.15, 0.2) is 0 Å². The molecule has 0 unspecified atom stereocenters. The van der Waals surface area contributed by atoms with E-state index in [2.05, 4.69) is 4.98 Å². The van der Waals surface area contributed by atoms with Crippen LogP contribution in [0.25, 0.3) is 12.2 Å². The van der Waals surface area contributed by atoms with Gasteiger partial charge in [0.25, 0.3) is 0 Å². The number of benzene rings is 1. The number of ether oxygens (including phenoxy) is 1. The van der Waals surface area contributed by atoms with Crippen molar-refractivity contribution in [3.8, 4) is 6.07 Å². The van der Waals surface area contributed by atoms with Gasteiger partial charge in [-0.15, -0.1) is 0 Å². The molecule has 0 atom stereocenters. The lowest BCUT2D eigenvalue weighted by atomic mass is 10.1. The zero-order valence-corrected chi connectivity index (χ0v) is 13.9. The predicted molar refractivity (Wildman–Crippen MR) is 93.9 cm³/mol. The summed E-state index contributed by atoms with van der Waals surface area (Å²) in [7, 11) is 0. The number of pyridine rings is 1. The second-order valence-electron chi connectivity index (χ2n) is 6.27. The number of hydrogen-bond donors (Lipinski definition) is 1. The average Bonchev–Trinajstić information content (AvgIpc) is 2.53. The molecule has 5 heteroatoms. The number of esters is 1. The van der Waals surface area contributed by atoms with Crippen molar-refractivity contribution in [2.45, 2.75) is 26.4 Å². The Morgan fingerprint density at radius 2 is 1.83 bits per heavy atom. The van der Waals surface area contributed by atoms with Crippen molar-refractivity contribution in [2.75, 3.05) is 5.73 Å². The van der Waals surface area contributed by atoms with E-state index in [1.807, 2.05) is 51.1 Å². The molecule has 122 valence electrons. The van der Waals surface area contributed by atoms with E-state index in [9.17, 15) is 4.79 Å². The van der Waals surface area contributed by atoms with Crippen molar-refractivity contribution in [3.05, 3.63) is 58.8 Å². The second-order valence-corrected chi connectivity index (χ2v) is 6.27. The predicted octanol–water partition coefficient (Wildman–Crippen LogP) is 3.66. The van der Waals surface area contributed by atoms with Gasteiger partial charge in [0, 0.05) is 6.20 Å². The maximum absolute atomic E-state index is 12.0. The Balaban J connectivity index is 2.12. The first-order chi connectivity index (χ1) is 11.3. The highest BCUT2D eigenvalue weighted by Gasteiger charge is 2.17. The van der Waals surface area contributed by atoms with Gasteiger partial charge in [0.2, 0.25) is 0 Å². The highest BCUT2D eigenvalue weighted by atomic mass is 16.6. The number of anilines is 1. The van der Waals surface area contributed by atoms with Crippen LogP contribution in [0.15, 0.2) is 36.5 Å². The van der Waals surface area contributed by atoms with Crippen LogP contribution in [0.3, 0.4) is 0 Å². The Morgan fingerprint density at radius 3 is 2.42 bits per heavy atom. The van der Waals surface area contributed by atoms with Crippen LogP contribution in [0.5, 0.6) is 0 Å². The fourth-order valence-corrected chi connectivity index (χ4v) is 1.93. The highest BCUT2D eigenvalue weighted by molar-refractivity contribution is 5.90. The molecule has 5 nitrogen and oxygen atoms in total. The van der Waals surface area contributed by atoms with E-state index in [1.165, 1.54) is 0 Å². The summed E-state index contributed by atoms with van der Waals surface area (Å²) in [4.78, 5) is 15.9. The van der Waals surface area contributed by atoms with E-state index in [1.54, 1.807) is 24.4 Å². The minimum Gasteiger partial charge on any atom is -0.456 e. The van der Waals surface area contributed by atoms with Gasteiger partial charge >= 0.3 is 5.97 Å². The zero-order valence-electron chi connectivity index (χ0n) is 13.9. The maximum atomic E-state index is 12.0. The van der Waals surface area contributed by atoms with E-state index in [0.29, 0.717) is 11.1 Å². The molecule has 2 aromatic rings. The summed E-state index contributed by atoms with van der Waals surface area (Å²) in [6.07, 6.45) is 5.30. The third-order valence-corrected chi connectivity index (χ3v) is 3.07. The summed E-state index contributed by atoms with van der Waals surface area (Å²) in [6.45, 7) is 5.49. The lowest BCUT2D eigenvalue weighted by molar-refractivity contribution is 0.00695. The van der Waals surface area contributed by atoms with Gasteiger partial charge in [0.05, 0.1) is 11.1 Å². The molecule has 24 heavy (non-hydrogen) atoms. The van der Waals surface area contributed by atoms with Gasteiger partial charge in [-0.05, 0) is 50.1 Å². The first kappa shape index (κ1) is 17.2. The largest absolute Gasteiger partial charge is 0.456 e. The molecule has 0 aliphatic carbocycles. The number of carbonyl (C=O) groups is 1. The Bertz CT molecular complexity index is 810. The standard InChI is InChI=1S/C19H19N3O2/c1-19(2,3)24-18(23)15-8-6-13(7-9-15)4-5-14-10-16(11-20)17(21)22-12-14/h4-10,12H,1-3H3,(H2,21,22)/b5-4+. The maximum Gasteiger partial charge on any atom is 0.338 e. The number of carbonyl (C=O) groups excluding carboxylic acids is 1. The topological polar surface area (TPSA) is 89.0 Å². The van der Waals surface area contributed by atoms with E-state index >= 15 is 0 Å². The van der Waals surface area contributed by atoms with Crippen molar-refractivity contribution in [2.24, 2.45) is 0 Å². The lowest BCUT2D eigenvalue weighted by Crippen LogP contribution is -2.23. The summed E-state index contributed by atoms with van der Waals surface area (Å²) in [5, 5.41) is 8.95. The molecule has 1 aromatic carbocycles. The highest BCUT2D eigenvalue weighted by Crippen LogP contribution is 2.15. The molecule has 0 fully saturated rings. The fraction of sp³-hybridized carbons (Fsp3) is 0.211. The van der Waals surface area contributed by atoms with Crippen LogP contribution in [-0.4, -0.2) is 16.6 Å². The molecule has 0 aliphatic heterocycles. The molecule has 0 saturated carbocycles. The van der Waals surface area contributed by atoms with Crippen LogP contribution in [-0.2, 0) is 4.74 Å². The van der Waals surface area contributed by atoms with Crippen LogP contribution in [0.1, 0.15) is 47.8 Å². The number of aromatic nitrogens is 1. The van der Waals surface area contributed by atoms with Gasteiger partial charge in [-0.25, -0.2) is 9.78 Å². The van der Waals surface area contributed by atoms with Crippen molar-refractivity contribution < 1.29 is 9.53 Å². The van der Waals surface area contributed by atoms with Gasteiger partial charge in [-0.2, -0.15) is 5.26 Å². The Labute approximate surface area is 141 Å². The fourth-order valence-electron chi connectivity index (χ4n) is 1.93. The number of rotatable bonds is 3. The molecule has 0 amide bonds. The lowest BCUT2D eigenvalue weighted by Gasteiger charge is -2.19. The van der Waals surface area contributed by atoms with Crippen LogP contribution in [0.2, 0.25) is 0 Å². The van der Waals surface area contributed by atoms with E-state index in [4.69, 9.17) is 15.7 Å². The molecule has 0 aliphatic rings. The van der Waals surface area contributed by atoms with Gasteiger partial charge < -0.3 is 10.5 Å². The molecule has 1 heterocycles. The summed E-state index contributed by atoms with van der Waals surface area (Å²) < 4.78 is 5.32. The van der Waals surface area contributed by atoms with Gasteiger partial charge in [-0.1, -0.05) is 24.3 Å². The van der Waals surface area contributed by atoms with Crippen LogP contribution >= 0.6 is 0 Å². The van der Waals surface area contributed by atoms with Crippen LogP contribution in [0, 0.1) is 11.3 Å². The van der Waals surface area contributed by atoms with E-state index in [-0.39, 0.29) is 11.8 Å². The number of nitrogen functional groups attached to an aromatic ring is 1. The molecule has 1 aromatic heterocycles. The van der Waals surface area contributed by atoms with E-state index < -0.39 is 5.60 Å². The minimum atomic E-state index is -0.518. The molecule has 2 N–H and O–H groups in total. The van der Waals surface area contributed by atoms with Crippen LogP contribution < -0.4 is 5.73 Å². The number of hydrogen-bond acceptors (Lipinski definition) is 5. The van der Waals surface area contributed by atoms with Gasteiger partial charge in [-0.3, -0.25) is 0 Å². The zero-order chi connectivity index (χ0) is 17.7. The van der Waals surface area contributed by atoms with Gasteiger partial charge in [0.1, 0.15) is 17.5 Å². The monoisotopic (exact) mass is 321 g/mol. The van der Waals surface area contributed by atoms with E-state index in [0.717, 1.165) is 11.1 Å². The smallest absolute Gasteiger partial charge is 0.338 e. The number of nitrogens with two attached hydrogens (primary N) is 1.